The molecule has 0 saturated carbocycles. The molecular weight excluding hydrogens is 370 g/mol. The Morgan fingerprint density at radius 1 is 1.04 bits per heavy atom. The maximum Gasteiger partial charge on any atom is 0.481 e. The van der Waals surface area contributed by atoms with Crippen LogP contribution in [0.1, 0.15) is 40.0 Å². The van der Waals surface area contributed by atoms with Crippen molar-refractivity contribution < 1.29 is 32.6 Å². The average molecular weight is 402 g/mol. The lowest BCUT2D eigenvalue weighted by Crippen LogP contribution is -2.23. The van der Waals surface area contributed by atoms with Crippen molar-refractivity contribution in [1.29, 1.82) is 0 Å². The van der Waals surface area contributed by atoms with Crippen LogP contribution in [0.25, 0.3) is 0 Å². The van der Waals surface area contributed by atoms with Gasteiger partial charge in [0.1, 0.15) is 0 Å². The molecule has 0 aromatic carbocycles. The van der Waals surface area contributed by atoms with E-state index in [9.17, 15) is 9.13 Å². The standard InChI is InChI=1S/C14H29NO7P2.H3N/c1-13(2)7-5-8-14(3)9-6-10-15(4)11-12-21-24(19,20)22-23(16,17)18;/h7,9H,5-6,8,10-12H2,1-4H3,(H,19,20)(H2,16,17,18);1H3/b14-9+;. The first-order valence-corrected chi connectivity index (χ1v) is 10.7. The van der Waals surface area contributed by atoms with Gasteiger partial charge in [-0.15, -0.1) is 0 Å². The third-order valence-corrected chi connectivity index (χ3v) is 5.22. The van der Waals surface area contributed by atoms with Gasteiger partial charge in [0.15, 0.2) is 0 Å². The van der Waals surface area contributed by atoms with Crippen LogP contribution in [-0.4, -0.2) is 46.3 Å². The fourth-order valence-electron chi connectivity index (χ4n) is 1.80. The minimum Gasteiger partial charge on any atom is -0.344 e. The third kappa shape index (κ3) is 18.3. The Hall–Kier alpha value is -0.340. The van der Waals surface area contributed by atoms with E-state index in [1.165, 1.54) is 11.1 Å². The first-order valence-electron chi connectivity index (χ1n) is 7.63. The van der Waals surface area contributed by atoms with Crippen molar-refractivity contribution in [2.75, 3.05) is 26.7 Å². The molecule has 0 amide bonds. The van der Waals surface area contributed by atoms with Gasteiger partial charge in [-0.1, -0.05) is 23.3 Å². The summed E-state index contributed by atoms with van der Waals surface area (Å²) < 4.78 is 30.0. The van der Waals surface area contributed by atoms with E-state index in [4.69, 9.17) is 14.7 Å². The lowest BCUT2D eigenvalue weighted by molar-refractivity contribution is 0.161. The minimum atomic E-state index is -5.06. The monoisotopic (exact) mass is 402 g/mol. The van der Waals surface area contributed by atoms with Crippen LogP contribution in [0.2, 0.25) is 0 Å². The molecule has 0 aliphatic rings. The zero-order valence-corrected chi connectivity index (χ0v) is 17.2. The Balaban J connectivity index is 0. The normalized spacial score (nSPS) is 14.8. The summed E-state index contributed by atoms with van der Waals surface area (Å²) in [5, 5.41) is 0. The quantitative estimate of drug-likeness (QED) is 0.284. The highest BCUT2D eigenvalue weighted by atomic mass is 31.3. The van der Waals surface area contributed by atoms with Crippen LogP contribution in [0.4, 0.5) is 0 Å². The van der Waals surface area contributed by atoms with Gasteiger partial charge in [0.25, 0.3) is 0 Å². The molecule has 0 spiro atoms. The Morgan fingerprint density at radius 2 is 1.64 bits per heavy atom. The molecule has 0 rings (SSSR count). The maximum atomic E-state index is 11.2. The van der Waals surface area contributed by atoms with E-state index >= 15 is 0 Å². The van der Waals surface area contributed by atoms with E-state index in [0.717, 1.165) is 25.8 Å². The molecule has 0 aromatic heterocycles. The van der Waals surface area contributed by atoms with Gasteiger partial charge in [0.05, 0.1) is 6.61 Å². The lowest BCUT2D eigenvalue weighted by Gasteiger charge is -2.17. The summed E-state index contributed by atoms with van der Waals surface area (Å²) in [6, 6.07) is 0. The lowest BCUT2D eigenvalue weighted by atomic mass is 10.1. The number of rotatable bonds is 12. The van der Waals surface area contributed by atoms with E-state index in [1.54, 1.807) is 0 Å². The second-order valence-corrected chi connectivity index (χ2v) is 8.67. The Bertz CT molecular complexity index is 527. The van der Waals surface area contributed by atoms with E-state index in [1.807, 2.05) is 11.9 Å². The average Bonchev–Trinajstić information content (AvgIpc) is 2.34. The van der Waals surface area contributed by atoms with Gasteiger partial charge in [-0.3, -0.25) is 4.52 Å². The van der Waals surface area contributed by atoms with Crippen molar-refractivity contribution in [2.45, 2.75) is 40.0 Å². The van der Waals surface area contributed by atoms with Crippen molar-refractivity contribution >= 4 is 15.6 Å². The van der Waals surface area contributed by atoms with E-state index in [0.29, 0.717) is 6.54 Å². The predicted molar refractivity (Wildman–Crippen MR) is 98.5 cm³/mol. The van der Waals surface area contributed by atoms with Crippen LogP contribution in [0.5, 0.6) is 0 Å². The van der Waals surface area contributed by atoms with Crippen molar-refractivity contribution in [3.63, 3.8) is 0 Å². The van der Waals surface area contributed by atoms with Gasteiger partial charge in [-0.05, 0) is 47.1 Å². The first-order chi connectivity index (χ1) is 10.9. The number of allylic oxidation sites excluding steroid dienone is 3. The van der Waals surface area contributed by atoms with E-state index in [2.05, 4.69) is 41.8 Å². The fraction of sp³-hybridized carbons (Fsp3) is 0.714. The summed E-state index contributed by atoms with van der Waals surface area (Å²) in [5.41, 5.74) is 2.62. The van der Waals surface area contributed by atoms with Crippen LogP contribution in [0, 0.1) is 0 Å². The minimum absolute atomic E-state index is 0. The summed E-state index contributed by atoms with van der Waals surface area (Å²) in [4.78, 5) is 28.0. The molecule has 0 aromatic rings. The number of hydrogen-bond donors (Lipinski definition) is 4. The van der Waals surface area contributed by atoms with E-state index < -0.39 is 15.6 Å². The largest absolute Gasteiger partial charge is 0.481 e. The number of nitrogens with zero attached hydrogens (tertiary/aromatic N) is 1. The molecule has 1 atom stereocenters. The molecule has 0 aliphatic heterocycles. The topological polar surface area (TPSA) is 152 Å². The Morgan fingerprint density at radius 3 is 2.16 bits per heavy atom. The van der Waals surface area contributed by atoms with Crippen LogP contribution in [0.15, 0.2) is 23.3 Å². The molecule has 9 nitrogen and oxygen atoms in total. The van der Waals surface area contributed by atoms with Gasteiger partial charge in [-0.25, -0.2) is 9.13 Å². The summed E-state index contributed by atoms with van der Waals surface area (Å²) in [5.74, 6) is 0. The molecule has 0 bridgehead atoms. The molecule has 1 unspecified atom stereocenters. The predicted octanol–water partition coefficient (Wildman–Crippen LogP) is 3.39. The van der Waals surface area contributed by atoms with Crippen molar-refractivity contribution in [2.24, 2.45) is 0 Å². The maximum absolute atomic E-state index is 11.2. The molecule has 6 N–H and O–H groups in total. The van der Waals surface area contributed by atoms with Crippen molar-refractivity contribution in [3.8, 4) is 0 Å². The third-order valence-electron chi connectivity index (χ3n) is 3.03. The second-order valence-electron chi connectivity index (χ2n) is 5.84. The summed E-state index contributed by atoms with van der Waals surface area (Å²) >= 11 is 0. The molecule has 0 aliphatic carbocycles. The SMILES string of the molecule is CC(C)=CCC/C(C)=C/CCN(C)CCOP(=O)(O)OP(=O)(O)O.N. The molecule has 150 valence electrons. The Labute approximate surface area is 150 Å². The highest BCUT2D eigenvalue weighted by Gasteiger charge is 2.32. The van der Waals surface area contributed by atoms with Crippen molar-refractivity contribution in [3.05, 3.63) is 23.3 Å². The number of hydrogen-bond acceptors (Lipinski definition) is 6. The van der Waals surface area contributed by atoms with Crippen molar-refractivity contribution in [1.82, 2.24) is 11.1 Å². The summed E-state index contributed by atoms with van der Waals surface area (Å²) in [6.45, 7) is 7.13. The number of phosphoric ester groups is 1. The number of likely N-dealkylation sites (N-methyl/N-ethyl adjacent to an activating group) is 1. The second kappa shape index (κ2) is 12.9. The molecule has 0 radical (unpaired) electrons. The van der Waals surface area contributed by atoms with Crippen LogP contribution < -0.4 is 6.15 Å². The summed E-state index contributed by atoms with van der Waals surface area (Å²) in [6.07, 6.45) is 7.25. The molecule has 0 fully saturated rings. The van der Waals surface area contributed by atoms with Crippen LogP contribution in [-0.2, 0) is 18.0 Å². The zero-order valence-electron chi connectivity index (χ0n) is 15.4. The van der Waals surface area contributed by atoms with E-state index in [-0.39, 0.29) is 12.8 Å². The molecular formula is C14H32N2O7P2. The van der Waals surface area contributed by atoms with Gasteiger partial charge in [-0.2, -0.15) is 4.31 Å². The van der Waals surface area contributed by atoms with Gasteiger partial charge in [0, 0.05) is 13.1 Å². The van der Waals surface area contributed by atoms with Gasteiger partial charge >= 0.3 is 15.6 Å². The molecule has 11 heteroatoms. The van der Waals surface area contributed by atoms with Crippen LogP contribution >= 0.6 is 15.6 Å². The van der Waals surface area contributed by atoms with Crippen LogP contribution in [0.3, 0.4) is 0 Å². The smallest absolute Gasteiger partial charge is 0.344 e. The van der Waals surface area contributed by atoms with Gasteiger partial charge < -0.3 is 25.7 Å². The number of phosphoric acid groups is 2. The fourth-order valence-corrected chi connectivity index (χ4v) is 3.38. The molecule has 0 heterocycles. The van der Waals surface area contributed by atoms with Gasteiger partial charge in [0.2, 0.25) is 0 Å². The summed E-state index contributed by atoms with van der Waals surface area (Å²) in [7, 11) is -7.98. The Kier molecular flexibility index (Phi) is 13.9. The first kappa shape index (κ1) is 26.9. The highest BCUT2D eigenvalue weighted by molar-refractivity contribution is 7.60. The molecule has 25 heavy (non-hydrogen) atoms. The molecule has 0 saturated heterocycles. The highest BCUT2D eigenvalue weighted by Crippen LogP contribution is 2.57. The zero-order chi connectivity index (χ0) is 18.8.